The fraction of sp³-hybridized carbons (Fsp3) is 0.588. The van der Waals surface area contributed by atoms with Crippen LogP contribution in [0, 0.1) is 17.6 Å². The summed E-state index contributed by atoms with van der Waals surface area (Å²) in [6, 6.07) is 2.71. The van der Waals surface area contributed by atoms with Gasteiger partial charge in [0.15, 0.2) is 0 Å². The molecule has 9 heteroatoms. The molecule has 26 heavy (non-hydrogen) atoms. The molecular weight excluding hydrogens is 364 g/mol. The first-order chi connectivity index (χ1) is 12.2. The van der Waals surface area contributed by atoms with Crippen molar-refractivity contribution in [3.63, 3.8) is 0 Å². The van der Waals surface area contributed by atoms with Gasteiger partial charge in [-0.15, -0.1) is 0 Å². The number of amides is 1. The average molecular weight is 387 g/mol. The van der Waals surface area contributed by atoms with Crippen molar-refractivity contribution in [3.05, 3.63) is 35.4 Å². The Balaban J connectivity index is 1.79. The maximum Gasteiger partial charge on any atom is 0.281 e. The first-order valence-corrected chi connectivity index (χ1v) is 10.0. The molecule has 0 N–H and O–H groups in total. The standard InChI is InChI=1S/C17H23F2N3O3S/c1-20(2)26(24,25)21-7-5-16-12(11-21)4-3-6-22(16)17(23)13-8-14(18)10-15(19)9-13/h8-10,12,16H,3-7,11H2,1-2H3/t12-,16+/m1/s1. The van der Waals surface area contributed by atoms with Crippen LogP contribution in [0.25, 0.3) is 0 Å². The minimum Gasteiger partial charge on any atom is -0.335 e. The summed E-state index contributed by atoms with van der Waals surface area (Å²) in [5.41, 5.74) is -0.00788. The minimum absolute atomic E-state index is 0.00788. The molecule has 0 radical (unpaired) electrons. The lowest BCUT2D eigenvalue weighted by atomic mass is 9.84. The zero-order valence-corrected chi connectivity index (χ0v) is 15.7. The summed E-state index contributed by atoms with van der Waals surface area (Å²) in [6.07, 6.45) is 2.08. The molecule has 2 saturated heterocycles. The monoisotopic (exact) mass is 387 g/mol. The lowest BCUT2D eigenvalue weighted by Crippen LogP contribution is -2.57. The van der Waals surface area contributed by atoms with Gasteiger partial charge in [0.05, 0.1) is 0 Å². The van der Waals surface area contributed by atoms with Gasteiger partial charge in [0, 0.05) is 51.4 Å². The quantitative estimate of drug-likeness (QED) is 0.793. The summed E-state index contributed by atoms with van der Waals surface area (Å²) >= 11 is 0. The van der Waals surface area contributed by atoms with Crippen LogP contribution in [-0.2, 0) is 10.2 Å². The topological polar surface area (TPSA) is 60.9 Å². The molecule has 6 nitrogen and oxygen atoms in total. The Bertz CT molecular complexity index is 780. The third-order valence-electron chi connectivity index (χ3n) is 5.19. The molecule has 2 atom stereocenters. The summed E-state index contributed by atoms with van der Waals surface area (Å²) in [4.78, 5) is 14.5. The molecule has 1 aromatic carbocycles. The summed E-state index contributed by atoms with van der Waals surface area (Å²) in [5.74, 6) is -1.95. The van der Waals surface area contributed by atoms with E-state index in [2.05, 4.69) is 0 Å². The van der Waals surface area contributed by atoms with E-state index in [4.69, 9.17) is 0 Å². The van der Waals surface area contributed by atoms with Crippen LogP contribution in [0.1, 0.15) is 29.6 Å². The highest BCUT2D eigenvalue weighted by Gasteiger charge is 2.41. The van der Waals surface area contributed by atoms with Crippen LogP contribution in [0.5, 0.6) is 0 Å². The SMILES string of the molecule is CN(C)S(=O)(=O)N1CC[C@H]2[C@H](CCCN2C(=O)c2cc(F)cc(F)c2)C1. The lowest BCUT2D eigenvalue weighted by Gasteiger charge is -2.47. The van der Waals surface area contributed by atoms with Crippen LogP contribution in [0.2, 0.25) is 0 Å². The third kappa shape index (κ3) is 3.60. The second-order valence-corrected chi connectivity index (χ2v) is 9.21. The number of carbonyl (C=O) groups excluding carboxylic acids is 1. The molecule has 0 bridgehead atoms. The van der Waals surface area contributed by atoms with Crippen molar-refractivity contribution in [2.75, 3.05) is 33.7 Å². The summed E-state index contributed by atoms with van der Waals surface area (Å²) in [7, 11) is -0.494. The number of hydrogen-bond acceptors (Lipinski definition) is 3. The minimum atomic E-state index is -3.49. The molecule has 2 aliphatic heterocycles. The van der Waals surface area contributed by atoms with Gasteiger partial charge in [-0.25, -0.2) is 8.78 Å². The Hall–Kier alpha value is -1.58. The Morgan fingerprint density at radius 2 is 1.77 bits per heavy atom. The highest BCUT2D eigenvalue weighted by molar-refractivity contribution is 7.86. The first kappa shape index (κ1) is 19.2. The van der Waals surface area contributed by atoms with Crippen molar-refractivity contribution in [1.82, 2.24) is 13.5 Å². The highest BCUT2D eigenvalue weighted by atomic mass is 32.2. The van der Waals surface area contributed by atoms with Gasteiger partial charge in [0.25, 0.3) is 16.1 Å². The molecule has 2 heterocycles. The number of halogens is 2. The Kier molecular flexibility index (Phi) is 5.32. The second kappa shape index (κ2) is 7.21. The van der Waals surface area contributed by atoms with Gasteiger partial charge < -0.3 is 4.90 Å². The molecule has 144 valence electrons. The number of nitrogens with zero attached hydrogens (tertiary/aromatic N) is 3. The largest absolute Gasteiger partial charge is 0.335 e. The van der Waals surface area contributed by atoms with E-state index in [0.717, 1.165) is 31.0 Å². The predicted octanol–water partition coefficient (Wildman–Crippen LogP) is 1.70. The number of benzene rings is 1. The molecule has 3 rings (SSSR count). The third-order valence-corrected chi connectivity index (χ3v) is 7.10. The van der Waals surface area contributed by atoms with Crippen LogP contribution in [0.15, 0.2) is 18.2 Å². The van der Waals surface area contributed by atoms with E-state index in [1.165, 1.54) is 22.7 Å². The van der Waals surface area contributed by atoms with Crippen molar-refractivity contribution < 1.29 is 22.0 Å². The van der Waals surface area contributed by atoms with Crippen LogP contribution >= 0.6 is 0 Å². The zero-order valence-electron chi connectivity index (χ0n) is 14.9. The number of likely N-dealkylation sites (tertiary alicyclic amines) is 1. The summed E-state index contributed by atoms with van der Waals surface area (Å²) in [5, 5.41) is 0. The number of rotatable bonds is 3. The van der Waals surface area contributed by atoms with Crippen molar-refractivity contribution >= 4 is 16.1 Å². The molecule has 2 aliphatic rings. The van der Waals surface area contributed by atoms with Gasteiger partial charge in [-0.2, -0.15) is 17.0 Å². The Labute approximate surface area is 152 Å². The van der Waals surface area contributed by atoms with Gasteiger partial charge in [-0.3, -0.25) is 4.79 Å². The van der Waals surface area contributed by atoms with E-state index in [0.29, 0.717) is 26.1 Å². The van der Waals surface area contributed by atoms with Gasteiger partial charge in [-0.1, -0.05) is 0 Å². The first-order valence-electron chi connectivity index (χ1n) is 8.65. The van der Waals surface area contributed by atoms with Gasteiger partial charge in [0.1, 0.15) is 11.6 Å². The Morgan fingerprint density at radius 3 is 2.38 bits per heavy atom. The van der Waals surface area contributed by atoms with Crippen molar-refractivity contribution in [3.8, 4) is 0 Å². The van der Waals surface area contributed by atoms with Crippen LogP contribution in [-0.4, -0.2) is 67.6 Å². The maximum absolute atomic E-state index is 13.5. The number of piperidine rings is 2. The van der Waals surface area contributed by atoms with Gasteiger partial charge in [-0.05, 0) is 37.3 Å². The van der Waals surface area contributed by atoms with E-state index in [1.807, 2.05) is 0 Å². The van der Waals surface area contributed by atoms with Crippen LogP contribution in [0.3, 0.4) is 0 Å². The highest BCUT2D eigenvalue weighted by Crippen LogP contribution is 2.33. The number of fused-ring (bicyclic) bond motifs is 1. The molecule has 1 aromatic rings. The smallest absolute Gasteiger partial charge is 0.281 e. The second-order valence-electron chi connectivity index (χ2n) is 7.06. The van der Waals surface area contributed by atoms with E-state index in [1.54, 1.807) is 4.90 Å². The molecule has 0 aromatic heterocycles. The van der Waals surface area contributed by atoms with E-state index in [9.17, 15) is 22.0 Å². The normalized spacial score (nSPS) is 24.6. The molecule has 0 unspecified atom stereocenters. The van der Waals surface area contributed by atoms with Gasteiger partial charge >= 0.3 is 0 Å². The molecule has 0 spiro atoms. The average Bonchev–Trinajstić information content (AvgIpc) is 2.59. The van der Waals surface area contributed by atoms with Crippen molar-refractivity contribution in [2.45, 2.75) is 25.3 Å². The van der Waals surface area contributed by atoms with E-state index < -0.39 is 27.8 Å². The maximum atomic E-state index is 13.5. The van der Waals surface area contributed by atoms with Crippen molar-refractivity contribution in [2.24, 2.45) is 5.92 Å². The van der Waals surface area contributed by atoms with Gasteiger partial charge in [0.2, 0.25) is 0 Å². The van der Waals surface area contributed by atoms with Crippen LogP contribution in [0.4, 0.5) is 8.78 Å². The zero-order chi connectivity index (χ0) is 19.1. The Morgan fingerprint density at radius 1 is 1.12 bits per heavy atom. The molecule has 0 aliphatic carbocycles. The predicted molar refractivity (Wildman–Crippen MR) is 92.7 cm³/mol. The molecular formula is C17H23F2N3O3S. The lowest BCUT2D eigenvalue weighted by molar-refractivity contribution is 0.0328. The van der Waals surface area contributed by atoms with Crippen molar-refractivity contribution in [1.29, 1.82) is 0 Å². The molecule has 1 amide bonds. The fourth-order valence-electron chi connectivity index (χ4n) is 3.91. The van der Waals surface area contributed by atoms with E-state index >= 15 is 0 Å². The molecule has 0 saturated carbocycles. The molecule has 2 fully saturated rings. The van der Waals surface area contributed by atoms with Crippen LogP contribution < -0.4 is 0 Å². The summed E-state index contributed by atoms with van der Waals surface area (Å²) in [6.45, 7) is 1.19. The van der Waals surface area contributed by atoms with E-state index in [-0.39, 0.29) is 17.5 Å². The summed E-state index contributed by atoms with van der Waals surface area (Å²) < 4.78 is 54.3. The fourth-order valence-corrected chi connectivity index (χ4v) is 5.08. The number of carbonyl (C=O) groups is 1. The number of hydrogen-bond donors (Lipinski definition) is 0.